The van der Waals surface area contributed by atoms with E-state index in [9.17, 15) is 0 Å². The van der Waals surface area contributed by atoms with Crippen LogP contribution in [0.1, 0.15) is 12.5 Å². The normalized spacial score (nSPS) is 12.2. The minimum Gasteiger partial charge on any atom is -0.496 e. The number of aromatic nitrogens is 2. The lowest BCUT2D eigenvalue weighted by Crippen LogP contribution is -2.39. The van der Waals surface area contributed by atoms with Crippen molar-refractivity contribution in [3.05, 3.63) is 48.3 Å². The van der Waals surface area contributed by atoms with Crippen molar-refractivity contribution in [3.63, 3.8) is 0 Å². The van der Waals surface area contributed by atoms with Crippen molar-refractivity contribution < 1.29 is 4.74 Å². The molecule has 1 aromatic carbocycles. The van der Waals surface area contributed by atoms with Gasteiger partial charge in [0.2, 0.25) is 0 Å². The second-order valence-electron chi connectivity index (χ2n) is 5.45. The molecule has 1 aromatic heterocycles. The minimum absolute atomic E-state index is 0. The fraction of sp³-hybridized carbons (Fsp3) is 0.412. The van der Waals surface area contributed by atoms with Crippen molar-refractivity contribution in [2.24, 2.45) is 10.9 Å². The van der Waals surface area contributed by atoms with Crippen molar-refractivity contribution in [2.75, 3.05) is 20.7 Å². The Kier molecular flexibility index (Phi) is 9.21. The molecule has 1 heterocycles. The first kappa shape index (κ1) is 20.3. The third kappa shape index (κ3) is 6.38. The van der Waals surface area contributed by atoms with Crippen LogP contribution in [0.2, 0.25) is 0 Å². The number of benzene rings is 1. The highest BCUT2D eigenvalue weighted by Crippen LogP contribution is 2.16. The van der Waals surface area contributed by atoms with E-state index in [1.54, 1.807) is 20.4 Å². The number of para-hydroxylation sites is 1. The molecule has 2 aromatic rings. The van der Waals surface area contributed by atoms with Gasteiger partial charge in [0.25, 0.3) is 0 Å². The van der Waals surface area contributed by atoms with E-state index in [1.165, 1.54) is 0 Å². The second kappa shape index (κ2) is 10.9. The Morgan fingerprint density at radius 3 is 2.75 bits per heavy atom. The number of nitrogens with one attached hydrogen (secondary N) is 2. The SMILES string of the molecule is CN=C(NCc1ccccc1OC)NCC(C)Cn1cccn1.I. The maximum atomic E-state index is 5.36. The largest absolute Gasteiger partial charge is 0.496 e. The Bertz CT molecular complexity index is 615. The maximum absolute atomic E-state index is 5.36. The van der Waals surface area contributed by atoms with Crippen LogP contribution < -0.4 is 15.4 Å². The Hall–Kier alpha value is -1.77. The van der Waals surface area contributed by atoms with Gasteiger partial charge < -0.3 is 15.4 Å². The van der Waals surface area contributed by atoms with Crippen LogP contribution in [0.4, 0.5) is 0 Å². The molecule has 1 unspecified atom stereocenters. The van der Waals surface area contributed by atoms with Crippen LogP contribution in [0.3, 0.4) is 0 Å². The van der Waals surface area contributed by atoms with Gasteiger partial charge in [-0.25, -0.2) is 0 Å². The van der Waals surface area contributed by atoms with E-state index in [1.807, 2.05) is 41.2 Å². The van der Waals surface area contributed by atoms with Crippen LogP contribution >= 0.6 is 24.0 Å². The van der Waals surface area contributed by atoms with E-state index in [0.717, 1.165) is 30.4 Å². The molecule has 24 heavy (non-hydrogen) atoms. The van der Waals surface area contributed by atoms with Crippen molar-refractivity contribution in [3.8, 4) is 5.75 Å². The average Bonchev–Trinajstić information content (AvgIpc) is 3.08. The molecule has 0 fully saturated rings. The van der Waals surface area contributed by atoms with Gasteiger partial charge in [0.1, 0.15) is 5.75 Å². The summed E-state index contributed by atoms with van der Waals surface area (Å²) in [6, 6.07) is 9.90. The van der Waals surface area contributed by atoms with Crippen molar-refractivity contribution >= 4 is 29.9 Å². The third-order valence-electron chi connectivity index (χ3n) is 3.54. The highest BCUT2D eigenvalue weighted by Gasteiger charge is 2.06. The zero-order chi connectivity index (χ0) is 16.5. The topological polar surface area (TPSA) is 63.5 Å². The highest BCUT2D eigenvalue weighted by atomic mass is 127. The molecule has 0 radical (unpaired) electrons. The number of aliphatic imine (C=N–C) groups is 1. The number of hydrogen-bond donors (Lipinski definition) is 2. The highest BCUT2D eigenvalue weighted by molar-refractivity contribution is 14.0. The molecule has 0 aliphatic carbocycles. The van der Waals surface area contributed by atoms with Gasteiger partial charge in [-0.05, 0) is 18.1 Å². The molecule has 1 atom stereocenters. The van der Waals surface area contributed by atoms with Gasteiger partial charge in [-0.2, -0.15) is 5.10 Å². The lowest BCUT2D eigenvalue weighted by Gasteiger charge is -2.17. The van der Waals surface area contributed by atoms with Crippen molar-refractivity contribution in [1.29, 1.82) is 0 Å². The molecule has 0 saturated carbocycles. The predicted octanol–water partition coefficient (Wildman–Crippen LogP) is 2.51. The van der Waals surface area contributed by atoms with Crippen LogP contribution in [0, 0.1) is 5.92 Å². The second-order valence-corrected chi connectivity index (χ2v) is 5.45. The molecular formula is C17H26IN5O. The molecular weight excluding hydrogens is 417 g/mol. The average molecular weight is 443 g/mol. The summed E-state index contributed by atoms with van der Waals surface area (Å²) >= 11 is 0. The fourth-order valence-corrected chi connectivity index (χ4v) is 2.31. The van der Waals surface area contributed by atoms with Crippen LogP contribution in [0.15, 0.2) is 47.7 Å². The number of hydrogen-bond acceptors (Lipinski definition) is 3. The number of ether oxygens (including phenoxy) is 1. The Labute approximate surface area is 160 Å². The first-order valence-corrected chi connectivity index (χ1v) is 7.76. The predicted molar refractivity (Wildman–Crippen MR) is 108 cm³/mol. The molecule has 0 aliphatic heterocycles. The molecule has 0 saturated heterocycles. The van der Waals surface area contributed by atoms with E-state index >= 15 is 0 Å². The standard InChI is InChI=1S/C17H25N5O.HI/c1-14(13-22-10-6-9-21-22)11-19-17(18-2)20-12-15-7-4-5-8-16(15)23-3;/h4-10,14H,11-13H2,1-3H3,(H2,18,19,20);1H. The zero-order valence-corrected chi connectivity index (χ0v) is 16.7. The lowest BCUT2D eigenvalue weighted by atomic mass is 10.2. The molecule has 2 N–H and O–H groups in total. The van der Waals surface area contributed by atoms with E-state index in [-0.39, 0.29) is 24.0 Å². The lowest BCUT2D eigenvalue weighted by molar-refractivity contribution is 0.409. The number of methoxy groups -OCH3 is 1. The number of guanidine groups is 1. The van der Waals surface area contributed by atoms with Crippen LogP contribution in [0.5, 0.6) is 5.75 Å². The van der Waals surface area contributed by atoms with Crippen molar-refractivity contribution in [1.82, 2.24) is 20.4 Å². The summed E-state index contributed by atoms with van der Waals surface area (Å²) < 4.78 is 7.30. The van der Waals surface area contributed by atoms with Gasteiger partial charge in [0.15, 0.2) is 5.96 Å². The fourth-order valence-electron chi connectivity index (χ4n) is 2.31. The molecule has 132 valence electrons. The minimum atomic E-state index is 0. The number of halogens is 1. The van der Waals surface area contributed by atoms with Gasteiger partial charge >= 0.3 is 0 Å². The number of nitrogens with zero attached hydrogens (tertiary/aromatic N) is 3. The quantitative estimate of drug-likeness (QED) is 0.392. The molecule has 7 heteroatoms. The van der Waals surface area contributed by atoms with Crippen molar-refractivity contribution in [2.45, 2.75) is 20.0 Å². The van der Waals surface area contributed by atoms with Gasteiger partial charge in [-0.1, -0.05) is 25.1 Å². The summed E-state index contributed by atoms with van der Waals surface area (Å²) in [7, 11) is 3.46. The summed E-state index contributed by atoms with van der Waals surface area (Å²) in [5, 5.41) is 10.9. The van der Waals surface area contributed by atoms with E-state index in [4.69, 9.17) is 4.74 Å². The van der Waals surface area contributed by atoms with Gasteiger partial charge in [-0.3, -0.25) is 9.67 Å². The molecule has 2 rings (SSSR count). The van der Waals surface area contributed by atoms with Crippen LogP contribution in [-0.4, -0.2) is 36.4 Å². The van der Waals surface area contributed by atoms with E-state index in [0.29, 0.717) is 12.5 Å². The zero-order valence-electron chi connectivity index (χ0n) is 14.4. The van der Waals surface area contributed by atoms with E-state index < -0.39 is 0 Å². The molecule has 0 amide bonds. The van der Waals surface area contributed by atoms with E-state index in [2.05, 4.69) is 27.6 Å². The van der Waals surface area contributed by atoms with Gasteiger partial charge in [-0.15, -0.1) is 24.0 Å². The Morgan fingerprint density at radius 1 is 1.29 bits per heavy atom. The molecule has 6 nitrogen and oxygen atoms in total. The van der Waals surface area contributed by atoms with Crippen LogP contribution in [0.25, 0.3) is 0 Å². The smallest absolute Gasteiger partial charge is 0.191 e. The van der Waals surface area contributed by atoms with Crippen LogP contribution in [-0.2, 0) is 13.1 Å². The number of rotatable bonds is 7. The van der Waals surface area contributed by atoms with Gasteiger partial charge in [0.05, 0.1) is 7.11 Å². The summed E-state index contributed by atoms with van der Waals surface area (Å²) in [5.74, 6) is 2.10. The van der Waals surface area contributed by atoms with Gasteiger partial charge in [0, 0.05) is 44.6 Å². The Morgan fingerprint density at radius 2 is 2.08 bits per heavy atom. The molecule has 0 bridgehead atoms. The first-order chi connectivity index (χ1) is 11.2. The monoisotopic (exact) mass is 443 g/mol. The third-order valence-corrected chi connectivity index (χ3v) is 3.54. The summed E-state index contributed by atoms with van der Waals surface area (Å²) in [6.07, 6.45) is 3.78. The summed E-state index contributed by atoms with van der Waals surface area (Å²) in [4.78, 5) is 4.26. The maximum Gasteiger partial charge on any atom is 0.191 e. The Balaban J connectivity index is 0.00000288. The first-order valence-electron chi connectivity index (χ1n) is 7.76. The molecule has 0 aliphatic rings. The summed E-state index contributed by atoms with van der Waals surface area (Å²) in [6.45, 7) is 4.55. The molecule has 0 spiro atoms. The summed E-state index contributed by atoms with van der Waals surface area (Å²) in [5.41, 5.74) is 1.10.